The Morgan fingerprint density at radius 2 is 1.92 bits per heavy atom. The first-order valence-electron chi connectivity index (χ1n) is 11.7. The smallest absolute Gasteiger partial charge is 0.254 e. The van der Waals surface area contributed by atoms with Crippen LogP contribution in [0.15, 0.2) is 60.9 Å². The molecule has 0 saturated heterocycles. The highest BCUT2D eigenvalue weighted by atomic mass is 32.2. The van der Waals surface area contributed by atoms with E-state index in [0.717, 1.165) is 17.2 Å². The van der Waals surface area contributed by atoms with E-state index >= 15 is 0 Å². The number of sulfonamides is 1. The van der Waals surface area contributed by atoms with E-state index in [1.165, 1.54) is 43.4 Å². The summed E-state index contributed by atoms with van der Waals surface area (Å²) >= 11 is 0. The minimum atomic E-state index is -3.44. The van der Waals surface area contributed by atoms with Gasteiger partial charge in [-0.1, -0.05) is 18.2 Å². The van der Waals surface area contributed by atoms with Crippen molar-refractivity contribution < 1.29 is 22.7 Å². The van der Waals surface area contributed by atoms with E-state index in [-0.39, 0.29) is 18.1 Å². The van der Waals surface area contributed by atoms with Crippen LogP contribution < -0.4 is 14.9 Å². The van der Waals surface area contributed by atoms with Gasteiger partial charge in [0.05, 0.1) is 29.7 Å². The van der Waals surface area contributed by atoms with Crippen LogP contribution in [0.2, 0.25) is 0 Å². The monoisotopic (exact) mass is 540 g/mol. The van der Waals surface area contributed by atoms with E-state index in [9.17, 15) is 22.7 Å². The number of amides is 1. The molecule has 0 radical (unpaired) electrons. The lowest BCUT2D eigenvalue weighted by Crippen LogP contribution is -2.38. The van der Waals surface area contributed by atoms with Crippen LogP contribution in [0.25, 0.3) is 11.0 Å². The van der Waals surface area contributed by atoms with Crippen LogP contribution >= 0.6 is 0 Å². The molecule has 0 aliphatic rings. The molecule has 0 atom stereocenters. The normalized spacial score (nSPS) is 11.9. The van der Waals surface area contributed by atoms with Crippen LogP contribution in [0.3, 0.4) is 0 Å². The molecule has 2 aromatic heterocycles. The number of nitrogens with zero attached hydrogens (tertiary/aromatic N) is 4. The van der Waals surface area contributed by atoms with Crippen LogP contribution in [-0.2, 0) is 16.6 Å². The number of aromatic nitrogens is 3. The summed E-state index contributed by atoms with van der Waals surface area (Å²) in [5, 5.41) is 16.0. The molecule has 1 amide bonds. The summed E-state index contributed by atoms with van der Waals surface area (Å²) < 4.78 is 42.0. The van der Waals surface area contributed by atoms with Gasteiger partial charge in [-0.25, -0.2) is 17.8 Å². The van der Waals surface area contributed by atoms with Gasteiger partial charge in [0.1, 0.15) is 11.5 Å². The van der Waals surface area contributed by atoms with Gasteiger partial charge >= 0.3 is 0 Å². The van der Waals surface area contributed by atoms with Crippen molar-refractivity contribution in [2.75, 3.05) is 29.5 Å². The van der Waals surface area contributed by atoms with Crippen molar-refractivity contribution in [3.8, 4) is 0 Å². The molecule has 4 rings (SSSR count). The Kier molecular flexibility index (Phi) is 7.38. The molecular formula is C26H29FN6O4S. The second-order valence-electron chi connectivity index (χ2n) is 9.59. The van der Waals surface area contributed by atoms with Crippen LogP contribution in [0, 0.1) is 5.82 Å². The highest BCUT2D eigenvalue weighted by Gasteiger charge is 2.18. The Labute approximate surface area is 220 Å². The van der Waals surface area contributed by atoms with E-state index in [0.29, 0.717) is 23.6 Å². The van der Waals surface area contributed by atoms with Gasteiger partial charge in [0.25, 0.3) is 5.91 Å². The Balaban J connectivity index is 1.56. The van der Waals surface area contributed by atoms with Crippen molar-refractivity contribution in [2.24, 2.45) is 0 Å². The van der Waals surface area contributed by atoms with Gasteiger partial charge in [0.15, 0.2) is 0 Å². The number of benzene rings is 2. The summed E-state index contributed by atoms with van der Waals surface area (Å²) in [6.07, 6.45) is 4.61. The molecular weight excluding hydrogens is 511 g/mol. The second-order valence-corrected chi connectivity index (χ2v) is 11.6. The first kappa shape index (κ1) is 27.0. The van der Waals surface area contributed by atoms with Crippen LogP contribution in [0.1, 0.15) is 29.8 Å². The maximum absolute atomic E-state index is 14.7. The summed E-state index contributed by atoms with van der Waals surface area (Å²) in [5.74, 6) is -1.15. The predicted molar refractivity (Wildman–Crippen MR) is 145 cm³/mol. The fraction of sp³-hybridized carbons (Fsp3) is 0.269. The quantitative estimate of drug-likeness (QED) is 0.297. The molecule has 0 aliphatic carbocycles. The summed E-state index contributed by atoms with van der Waals surface area (Å²) in [5.41, 5.74) is 1.02. The molecule has 0 spiro atoms. The molecule has 0 unspecified atom stereocenters. The van der Waals surface area contributed by atoms with Crippen molar-refractivity contribution in [1.82, 2.24) is 19.9 Å². The standard InChI is InChI=1S/C26H29FN6O4S/c1-26(2,35)16-29-24(34)20-10-9-19(13-21(20)27)30-25-28-14-17-11-12-33(23(17)31-25)15-18-7-5-6-8-22(18)32(3)38(4,36)37/h5-14,35H,15-16H2,1-4H3,(H,29,34)(H,28,30,31). The van der Waals surface area contributed by atoms with E-state index < -0.39 is 27.3 Å². The van der Waals surface area contributed by atoms with Crippen LogP contribution in [0.5, 0.6) is 0 Å². The Morgan fingerprint density at radius 1 is 1.18 bits per heavy atom. The fourth-order valence-corrected chi connectivity index (χ4v) is 4.31. The molecule has 200 valence electrons. The Hall–Kier alpha value is -4.03. The summed E-state index contributed by atoms with van der Waals surface area (Å²) in [7, 11) is -1.93. The van der Waals surface area contributed by atoms with Gasteiger partial charge in [-0.3, -0.25) is 9.10 Å². The highest BCUT2D eigenvalue weighted by molar-refractivity contribution is 7.92. The van der Waals surface area contributed by atoms with Gasteiger partial charge in [0.2, 0.25) is 16.0 Å². The van der Waals surface area contributed by atoms with Crippen molar-refractivity contribution >= 4 is 44.3 Å². The zero-order chi connectivity index (χ0) is 27.7. The van der Waals surface area contributed by atoms with Crippen molar-refractivity contribution in [3.05, 3.63) is 77.9 Å². The largest absolute Gasteiger partial charge is 0.389 e. The fourth-order valence-electron chi connectivity index (χ4n) is 3.77. The van der Waals surface area contributed by atoms with Gasteiger partial charge in [-0.05, 0) is 49.7 Å². The molecule has 0 fully saturated rings. The van der Waals surface area contributed by atoms with Crippen molar-refractivity contribution in [3.63, 3.8) is 0 Å². The molecule has 12 heteroatoms. The number of nitrogens with one attached hydrogen (secondary N) is 2. The first-order chi connectivity index (χ1) is 17.8. The van der Waals surface area contributed by atoms with Crippen molar-refractivity contribution in [2.45, 2.75) is 26.0 Å². The van der Waals surface area contributed by atoms with E-state index in [2.05, 4.69) is 20.6 Å². The second kappa shape index (κ2) is 10.4. The molecule has 0 aliphatic heterocycles. The molecule has 38 heavy (non-hydrogen) atoms. The summed E-state index contributed by atoms with van der Waals surface area (Å²) in [6, 6.07) is 13.1. The average Bonchev–Trinajstić information content (AvgIpc) is 3.23. The lowest BCUT2D eigenvalue weighted by atomic mass is 10.1. The summed E-state index contributed by atoms with van der Waals surface area (Å²) in [4.78, 5) is 21.1. The number of anilines is 3. The molecule has 3 N–H and O–H groups in total. The van der Waals surface area contributed by atoms with Gasteiger partial charge in [-0.15, -0.1) is 0 Å². The van der Waals surface area contributed by atoms with Crippen LogP contribution in [-0.4, -0.2) is 59.4 Å². The van der Waals surface area contributed by atoms with Gasteiger partial charge in [-0.2, -0.15) is 4.98 Å². The zero-order valence-electron chi connectivity index (χ0n) is 21.4. The van der Waals surface area contributed by atoms with Crippen molar-refractivity contribution in [1.29, 1.82) is 0 Å². The maximum Gasteiger partial charge on any atom is 0.254 e. The third kappa shape index (κ3) is 6.26. The van der Waals surface area contributed by atoms with Gasteiger partial charge in [0, 0.05) is 37.1 Å². The van der Waals surface area contributed by atoms with Crippen LogP contribution in [0.4, 0.5) is 21.7 Å². The minimum absolute atomic E-state index is 0.0200. The number of aliphatic hydroxyl groups is 1. The number of carbonyl (C=O) groups is 1. The third-order valence-electron chi connectivity index (χ3n) is 5.82. The average molecular weight is 541 g/mol. The van der Waals surface area contributed by atoms with E-state index in [1.807, 2.05) is 29.0 Å². The third-order valence-corrected chi connectivity index (χ3v) is 7.01. The Morgan fingerprint density at radius 3 is 2.61 bits per heavy atom. The maximum atomic E-state index is 14.7. The summed E-state index contributed by atoms with van der Waals surface area (Å²) in [6.45, 7) is 3.42. The minimum Gasteiger partial charge on any atom is -0.389 e. The topological polar surface area (TPSA) is 129 Å². The molecule has 10 nitrogen and oxygen atoms in total. The van der Waals surface area contributed by atoms with Gasteiger partial charge < -0.3 is 20.3 Å². The predicted octanol–water partition coefficient (Wildman–Crippen LogP) is 3.26. The lowest BCUT2D eigenvalue weighted by Gasteiger charge is -2.20. The number of halogens is 1. The molecule has 2 heterocycles. The highest BCUT2D eigenvalue weighted by Crippen LogP contribution is 2.25. The molecule has 2 aromatic carbocycles. The van der Waals surface area contributed by atoms with E-state index in [1.54, 1.807) is 18.3 Å². The van der Waals surface area contributed by atoms with E-state index in [4.69, 9.17) is 0 Å². The first-order valence-corrected chi connectivity index (χ1v) is 13.6. The number of fused-ring (bicyclic) bond motifs is 1. The number of hydrogen-bond acceptors (Lipinski definition) is 7. The molecule has 4 aromatic rings. The molecule has 0 bridgehead atoms. The number of hydrogen-bond donors (Lipinski definition) is 3. The number of para-hydroxylation sites is 1. The lowest BCUT2D eigenvalue weighted by molar-refractivity contribution is 0.0692. The molecule has 0 saturated carbocycles. The zero-order valence-corrected chi connectivity index (χ0v) is 22.3. The SMILES string of the molecule is CN(c1ccccc1Cn1ccc2cnc(Nc3ccc(C(=O)NCC(C)(C)O)c(F)c3)nc21)S(C)(=O)=O. The number of rotatable bonds is 9. The number of carbonyl (C=O) groups excluding carboxylic acids is 1. The Bertz CT molecular complexity index is 1600.